The van der Waals surface area contributed by atoms with Crippen molar-refractivity contribution >= 4 is 17.4 Å². The van der Waals surface area contributed by atoms with Crippen LogP contribution in [0.2, 0.25) is 0 Å². The van der Waals surface area contributed by atoms with Crippen molar-refractivity contribution in [2.75, 3.05) is 26.9 Å². The van der Waals surface area contributed by atoms with E-state index in [2.05, 4.69) is 0 Å². The maximum absolute atomic E-state index is 13.1. The van der Waals surface area contributed by atoms with E-state index in [1.165, 1.54) is 4.90 Å². The van der Waals surface area contributed by atoms with Gasteiger partial charge in [0.15, 0.2) is 11.5 Å². The van der Waals surface area contributed by atoms with E-state index in [-0.39, 0.29) is 11.3 Å². The Hall–Kier alpha value is -3.48. The lowest BCUT2D eigenvalue weighted by atomic mass is 9.95. The Kier molecular flexibility index (Phi) is 7.98. The average Bonchev–Trinajstić information content (AvgIpc) is 3.08. The second-order valence-electron chi connectivity index (χ2n) is 7.71. The predicted molar refractivity (Wildman–Crippen MR) is 126 cm³/mol. The normalized spacial score (nSPS) is 17.3. The second-order valence-corrected chi connectivity index (χ2v) is 7.71. The number of carbonyl (C=O) groups excluding carboxylic acids is 2. The molecule has 0 saturated carbocycles. The minimum absolute atomic E-state index is 0.0497. The van der Waals surface area contributed by atoms with Crippen molar-refractivity contribution in [3.8, 4) is 17.2 Å². The lowest BCUT2D eigenvalue weighted by molar-refractivity contribution is -0.139. The molecule has 176 valence electrons. The van der Waals surface area contributed by atoms with Crippen LogP contribution in [0.1, 0.15) is 50.8 Å². The molecule has 1 aliphatic heterocycles. The van der Waals surface area contributed by atoms with E-state index < -0.39 is 17.7 Å². The molecule has 1 saturated heterocycles. The molecule has 2 aromatic rings. The second kappa shape index (κ2) is 10.9. The summed E-state index contributed by atoms with van der Waals surface area (Å²) in [7, 11) is 1.55. The number of nitrogens with zero attached hydrogens (tertiary/aromatic N) is 1. The summed E-state index contributed by atoms with van der Waals surface area (Å²) in [5, 5.41) is 11.2. The van der Waals surface area contributed by atoms with Crippen LogP contribution in [-0.4, -0.2) is 48.6 Å². The molecule has 1 unspecified atom stereocenters. The molecule has 7 nitrogen and oxygen atoms in total. The van der Waals surface area contributed by atoms with Gasteiger partial charge in [-0.05, 0) is 49.6 Å². The van der Waals surface area contributed by atoms with Crippen LogP contribution in [0.25, 0.3) is 5.76 Å². The van der Waals surface area contributed by atoms with E-state index in [9.17, 15) is 14.7 Å². The molecule has 0 radical (unpaired) electrons. The highest BCUT2D eigenvalue weighted by Crippen LogP contribution is 2.42. The van der Waals surface area contributed by atoms with Gasteiger partial charge in [0.05, 0.1) is 31.9 Å². The molecule has 0 aliphatic carbocycles. The molecule has 1 aliphatic rings. The van der Waals surface area contributed by atoms with Crippen LogP contribution in [0.5, 0.6) is 17.2 Å². The maximum Gasteiger partial charge on any atom is 0.295 e. The number of rotatable bonds is 10. The Labute approximate surface area is 194 Å². The maximum atomic E-state index is 13.1. The van der Waals surface area contributed by atoms with Gasteiger partial charge in [0.25, 0.3) is 11.7 Å². The van der Waals surface area contributed by atoms with E-state index in [1.807, 2.05) is 20.8 Å². The molecule has 1 N–H and O–H groups in total. The third-order valence-corrected chi connectivity index (χ3v) is 5.39. The Balaban J connectivity index is 2.15. The first-order valence-electron chi connectivity index (χ1n) is 11.3. The van der Waals surface area contributed by atoms with E-state index in [1.54, 1.807) is 49.6 Å². The summed E-state index contributed by atoms with van der Waals surface area (Å²) in [5.41, 5.74) is 1.13. The molecule has 0 bridgehead atoms. The molecule has 1 atom stereocenters. The number of methoxy groups -OCH3 is 1. The van der Waals surface area contributed by atoms with Crippen LogP contribution in [0.4, 0.5) is 0 Å². The quantitative estimate of drug-likeness (QED) is 0.318. The summed E-state index contributed by atoms with van der Waals surface area (Å²) >= 11 is 0. The van der Waals surface area contributed by atoms with Crippen molar-refractivity contribution in [1.82, 2.24) is 4.90 Å². The first-order valence-corrected chi connectivity index (χ1v) is 11.3. The van der Waals surface area contributed by atoms with Crippen LogP contribution in [0.3, 0.4) is 0 Å². The van der Waals surface area contributed by atoms with Gasteiger partial charge in [0, 0.05) is 12.1 Å². The van der Waals surface area contributed by atoms with E-state index in [4.69, 9.17) is 14.2 Å². The van der Waals surface area contributed by atoms with Crippen molar-refractivity contribution in [2.24, 2.45) is 0 Å². The third kappa shape index (κ3) is 4.97. The first-order chi connectivity index (χ1) is 16.0. The van der Waals surface area contributed by atoms with Gasteiger partial charge in [-0.25, -0.2) is 0 Å². The number of aliphatic hydroxyl groups excluding tert-OH is 1. The number of amides is 1. The minimum atomic E-state index is -0.740. The van der Waals surface area contributed by atoms with E-state index >= 15 is 0 Å². The minimum Gasteiger partial charge on any atom is -0.507 e. The van der Waals surface area contributed by atoms with Crippen molar-refractivity contribution in [3.63, 3.8) is 0 Å². The number of benzene rings is 2. The van der Waals surface area contributed by atoms with Gasteiger partial charge in [-0.1, -0.05) is 32.0 Å². The zero-order valence-electron chi connectivity index (χ0n) is 19.6. The van der Waals surface area contributed by atoms with Crippen LogP contribution in [0.15, 0.2) is 48.0 Å². The topological polar surface area (TPSA) is 85.3 Å². The van der Waals surface area contributed by atoms with Crippen LogP contribution in [-0.2, 0) is 9.59 Å². The van der Waals surface area contributed by atoms with Crippen molar-refractivity contribution in [3.05, 3.63) is 59.2 Å². The fourth-order valence-electron chi connectivity index (χ4n) is 3.94. The standard InChI is InChI=1S/C26H31NO6/c1-5-13-27-23(17-11-12-20(31-4)21(16-17)32-7-3)22(25(29)26(27)30)24(28)18-9-8-10-19(15-18)33-14-6-2/h8-12,15-16,23,28H,5-7,13-14H2,1-4H3/b24-22-. The van der Waals surface area contributed by atoms with Gasteiger partial charge in [-0.2, -0.15) is 0 Å². The summed E-state index contributed by atoms with van der Waals surface area (Å²) in [5.74, 6) is 0.0783. The third-order valence-electron chi connectivity index (χ3n) is 5.39. The number of likely N-dealkylation sites (tertiary alicyclic amines) is 1. The number of ketones is 1. The molecule has 0 aromatic heterocycles. The Morgan fingerprint density at radius 3 is 2.45 bits per heavy atom. The Bertz CT molecular complexity index is 1040. The van der Waals surface area contributed by atoms with Gasteiger partial charge in [-0.3, -0.25) is 9.59 Å². The van der Waals surface area contributed by atoms with Gasteiger partial charge in [0.2, 0.25) is 0 Å². The summed E-state index contributed by atoms with van der Waals surface area (Å²) in [6.45, 7) is 7.15. The summed E-state index contributed by atoms with van der Waals surface area (Å²) in [4.78, 5) is 27.5. The lowest BCUT2D eigenvalue weighted by Gasteiger charge is -2.25. The molecule has 1 amide bonds. The highest BCUT2D eigenvalue weighted by atomic mass is 16.5. The largest absolute Gasteiger partial charge is 0.507 e. The molecular weight excluding hydrogens is 422 g/mol. The molecule has 33 heavy (non-hydrogen) atoms. The smallest absolute Gasteiger partial charge is 0.295 e. The zero-order valence-corrected chi connectivity index (χ0v) is 19.6. The summed E-state index contributed by atoms with van der Waals surface area (Å²) in [6, 6.07) is 11.5. The average molecular weight is 454 g/mol. The number of aliphatic hydroxyl groups is 1. The van der Waals surface area contributed by atoms with Crippen LogP contribution in [0, 0.1) is 0 Å². The van der Waals surface area contributed by atoms with Crippen LogP contribution >= 0.6 is 0 Å². The molecule has 0 spiro atoms. The van der Waals surface area contributed by atoms with Crippen molar-refractivity contribution in [1.29, 1.82) is 0 Å². The summed E-state index contributed by atoms with van der Waals surface area (Å²) < 4.78 is 16.7. The number of carbonyl (C=O) groups is 2. The van der Waals surface area contributed by atoms with Crippen molar-refractivity contribution < 1.29 is 28.9 Å². The van der Waals surface area contributed by atoms with E-state index in [0.29, 0.717) is 54.6 Å². The zero-order chi connectivity index (χ0) is 24.0. The first kappa shape index (κ1) is 24.2. The monoisotopic (exact) mass is 453 g/mol. The Morgan fingerprint density at radius 2 is 1.79 bits per heavy atom. The van der Waals surface area contributed by atoms with Gasteiger partial charge < -0.3 is 24.2 Å². The van der Waals surface area contributed by atoms with Gasteiger partial charge in [-0.15, -0.1) is 0 Å². The molecule has 1 fully saturated rings. The SMILES string of the molecule is CCCOc1cccc(/C(O)=C2/C(=O)C(=O)N(CCC)C2c2ccc(OC)c(OCC)c2)c1. The van der Waals surface area contributed by atoms with Gasteiger partial charge >= 0.3 is 0 Å². The van der Waals surface area contributed by atoms with E-state index in [0.717, 1.165) is 6.42 Å². The molecule has 2 aromatic carbocycles. The highest BCUT2D eigenvalue weighted by Gasteiger charge is 2.45. The molecular formula is C26H31NO6. The fraction of sp³-hybridized carbons (Fsp3) is 0.385. The Morgan fingerprint density at radius 1 is 1.00 bits per heavy atom. The van der Waals surface area contributed by atoms with Gasteiger partial charge in [0.1, 0.15) is 11.5 Å². The van der Waals surface area contributed by atoms with Crippen LogP contribution < -0.4 is 14.2 Å². The summed E-state index contributed by atoms with van der Waals surface area (Å²) in [6.07, 6.45) is 1.51. The number of ether oxygens (including phenoxy) is 3. The highest BCUT2D eigenvalue weighted by molar-refractivity contribution is 6.46. The molecule has 3 rings (SSSR count). The number of Topliss-reactive ketones (excluding diaryl/α,β-unsaturated/α-hetero) is 1. The lowest BCUT2D eigenvalue weighted by Crippen LogP contribution is -2.30. The van der Waals surface area contributed by atoms with Crippen molar-refractivity contribution in [2.45, 2.75) is 39.7 Å². The molecule has 7 heteroatoms. The molecule has 1 heterocycles. The fourth-order valence-corrected chi connectivity index (χ4v) is 3.94. The number of hydrogen-bond donors (Lipinski definition) is 1. The number of hydrogen-bond acceptors (Lipinski definition) is 6. The predicted octanol–water partition coefficient (Wildman–Crippen LogP) is 4.71.